The van der Waals surface area contributed by atoms with Gasteiger partial charge in [0.15, 0.2) is 0 Å². The highest BCUT2D eigenvalue weighted by atomic mass is 16.5. The summed E-state index contributed by atoms with van der Waals surface area (Å²) < 4.78 is 5.77. The second kappa shape index (κ2) is 11.8. The van der Waals surface area contributed by atoms with Crippen molar-refractivity contribution in [2.45, 2.75) is 72.3 Å². The minimum Gasteiger partial charge on any atom is -0.377 e. The molecule has 0 N–H and O–H groups in total. The molecule has 0 radical (unpaired) electrons. The topological polar surface area (TPSA) is 9.23 Å². The highest BCUT2D eigenvalue weighted by molar-refractivity contribution is 5.13. The Kier molecular flexibility index (Phi) is 10.2. The van der Waals surface area contributed by atoms with Crippen LogP contribution in [0.3, 0.4) is 0 Å². The highest BCUT2D eigenvalue weighted by Crippen LogP contribution is 2.19. The molecule has 0 aliphatic carbocycles. The zero-order chi connectivity index (χ0) is 15.3. The average molecular weight is 290 g/mol. The first kappa shape index (κ1) is 18.2. The third kappa shape index (κ3) is 9.68. The second-order valence-corrected chi connectivity index (χ2v) is 6.61. The third-order valence-electron chi connectivity index (χ3n) is 4.31. The Morgan fingerprint density at radius 1 is 0.857 bits per heavy atom. The van der Waals surface area contributed by atoms with E-state index in [-0.39, 0.29) is 0 Å². The molecule has 0 aliphatic rings. The molecule has 0 fully saturated rings. The summed E-state index contributed by atoms with van der Waals surface area (Å²) in [6.07, 6.45) is 9.45. The van der Waals surface area contributed by atoms with Crippen molar-refractivity contribution in [1.29, 1.82) is 0 Å². The van der Waals surface area contributed by atoms with E-state index in [1.165, 1.54) is 50.5 Å². The normalized spacial score (nSPS) is 14.0. The quantitative estimate of drug-likeness (QED) is 0.415. The largest absolute Gasteiger partial charge is 0.377 e. The van der Waals surface area contributed by atoms with Crippen molar-refractivity contribution in [3.63, 3.8) is 0 Å². The number of hydrogen-bond acceptors (Lipinski definition) is 1. The number of rotatable bonds is 12. The summed E-state index contributed by atoms with van der Waals surface area (Å²) in [5.41, 5.74) is 1.27. The van der Waals surface area contributed by atoms with Gasteiger partial charge in [0.2, 0.25) is 0 Å². The van der Waals surface area contributed by atoms with Gasteiger partial charge in [-0.2, -0.15) is 0 Å². The van der Waals surface area contributed by atoms with Crippen LogP contribution in [0.15, 0.2) is 30.3 Å². The van der Waals surface area contributed by atoms with Gasteiger partial charge in [-0.1, -0.05) is 89.6 Å². The summed E-state index contributed by atoms with van der Waals surface area (Å²) in [5.74, 6) is 1.70. The molecule has 1 aromatic carbocycles. The molecule has 120 valence electrons. The monoisotopic (exact) mass is 290 g/mol. The standard InChI is InChI=1S/C20H34O/c1-4-5-10-18(2)11-9-12-19(3)15-16-21-17-20-13-7-6-8-14-20/h6-8,13-14,18-19H,4-5,9-12,15-17H2,1-3H3/t18-,19+/m0/s1. The molecule has 0 aliphatic heterocycles. The van der Waals surface area contributed by atoms with Gasteiger partial charge in [-0.15, -0.1) is 0 Å². The zero-order valence-corrected chi connectivity index (χ0v) is 14.3. The fraction of sp³-hybridized carbons (Fsp3) is 0.700. The van der Waals surface area contributed by atoms with Gasteiger partial charge in [-0.3, -0.25) is 0 Å². The minimum atomic E-state index is 0.752. The lowest BCUT2D eigenvalue weighted by molar-refractivity contribution is 0.107. The van der Waals surface area contributed by atoms with E-state index >= 15 is 0 Å². The summed E-state index contributed by atoms with van der Waals surface area (Å²) in [6, 6.07) is 10.4. The maximum Gasteiger partial charge on any atom is 0.0716 e. The van der Waals surface area contributed by atoms with E-state index in [4.69, 9.17) is 4.74 Å². The average Bonchev–Trinajstić information content (AvgIpc) is 2.50. The molecule has 21 heavy (non-hydrogen) atoms. The van der Waals surface area contributed by atoms with Crippen LogP contribution in [0.4, 0.5) is 0 Å². The van der Waals surface area contributed by atoms with Gasteiger partial charge in [-0.25, -0.2) is 0 Å². The fourth-order valence-electron chi connectivity index (χ4n) is 2.70. The summed E-state index contributed by atoms with van der Waals surface area (Å²) in [4.78, 5) is 0. The van der Waals surface area contributed by atoms with Crippen LogP contribution in [0.5, 0.6) is 0 Å². The van der Waals surface area contributed by atoms with Crippen molar-refractivity contribution in [2.24, 2.45) is 11.8 Å². The van der Waals surface area contributed by atoms with E-state index in [0.717, 1.165) is 25.0 Å². The first-order valence-corrected chi connectivity index (χ1v) is 8.84. The van der Waals surface area contributed by atoms with E-state index < -0.39 is 0 Å². The smallest absolute Gasteiger partial charge is 0.0716 e. The van der Waals surface area contributed by atoms with Gasteiger partial charge in [-0.05, 0) is 23.8 Å². The molecule has 1 rings (SSSR count). The fourth-order valence-corrected chi connectivity index (χ4v) is 2.70. The Morgan fingerprint density at radius 2 is 1.48 bits per heavy atom. The predicted octanol–water partition coefficient (Wildman–Crippen LogP) is 6.23. The molecule has 0 unspecified atom stereocenters. The Labute approximate surface area is 132 Å². The van der Waals surface area contributed by atoms with Crippen LogP contribution in [0.2, 0.25) is 0 Å². The minimum absolute atomic E-state index is 0.752. The maximum atomic E-state index is 5.77. The Bertz CT molecular complexity index is 333. The van der Waals surface area contributed by atoms with Crippen molar-refractivity contribution in [2.75, 3.05) is 6.61 Å². The number of hydrogen-bond donors (Lipinski definition) is 0. The van der Waals surface area contributed by atoms with Crippen LogP contribution >= 0.6 is 0 Å². The summed E-state index contributed by atoms with van der Waals surface area (Å²) >= 11 is 0. The predicted molar refractivity (Wildman–Crippen MR) is 92.4 cm³/mol. The maximum absolute atomic E-state index is 5.77. The first-order chi connectivity index (χ1) is 10.2. The van der Waals surface area contributed by atoms with Crippen LogP contribution in [0.25, 0.3) is 0 Å². The summed E-state index contributed by atoms with van der Waals surface area (Å²) in [5, 5.41) is 0. The van der Waals surface area contributed by atoms with Crippen molar-refractivity contribution in [3.05, 3.63) is 35.9 Å². The van der Waals surface area contributed by atoms with Crippen LogP contribution in [0, 0.1) is 11.8 Å². The van der Waals surface area contributed by atoms with Gasteiger partial charge in [0.25, 0.3) is 0 Å². The van der Waals surface area contributed by atoms with Gasteiger partial charge >= 0.3 is 0 Å². The molecule has 0 saturated heterocycles. The molecule has 1 nitrogen and oxygen atoms in total. The lowest BCUT2D eigenvalue weighted by Gasteiger charge is -2.14. The Morgan fingerprint density at radius 3 is 2.14 bits per heavy atom. The summed E-state index contributed by atoms with van der Waals surface area (Å²) in [6.45, 7) is 8.69. The molecule has 0 aromatic heterocycles. The second-order valence-electron chi connectivity index (χ2n) is 6.61. The van der Waals surface area contributed by atoms with E-state index in [1.54, 1.807) is 0 Å². The van der Waals surface area contributed by atoms with Gasteiger partial charge < -0.3 is 4.74 Å². The SMILES string of the molecule is CCCC[C@H](C)CCC[C@@H](C)CCOCc1ccccc1. The molecule has 1 aromatic rings. The Hall–Kier alpha value is -0.820. The van der Waals surface area contributed by atoms with Crippen LogP contribution in [0.1, 0.15) is 71.3 Å². The van der Waals surface area contributed by atoms with Gasteiger partial charge in [0, 0.05) is 6.61 Å². The molecule has 0 saturated carbocycles. The van der Waals surface area contributed by atoms with E-state index in [1.807, 2.05) is 6.07 Å². The van der Waals surface area contributed by atoms with E-state index in [2.05, 4.69) is 45.0 Å². The van der Waals surface area contributed by atoms with Crippen LogP contribution in [-0.4, -0.2) is 6.61 Å². The Balaban J connectivity index is 1.97. The van der Waals surface area contributed by atoms with E-state index in [0.29, 0.717) is 0 Å². The number of benzene rings is 1. The zero-order valence-electron chi connectivity index (χ0n) is 14.3. The van der Waals surface area contributed by atoms with Crippen molar-refractivity contribution in [1.82, 2.24) is 0 Å². The number of ether oxygens (including phenoxy) is 1. The lowest BCUT2D eigenvalue weighted by Crippen LogP contribution is -2.03. The van der Waals surface area contributed by atoms with E-state index in [9.17, 15) is 0 Å². The lowest BCUT2D eigenvalue weighted by atomic mass is 9.94. The summed E-state index contributed by atoms with van der Waals surface area (Å²) in [7, 11) is 0. The molecular formula is C20H34O. The molecule has 0 bridgehead atoms. The first-order valence-electron chi connectivity index (χ1n) is 8.84. The van der Waals surface area contributed by atoms with Gasteiger partial charge in [0.1, 0.15) is 0 Å². The van der Waals surface area contributed by atoms with Crippen LogP contribution in [-0.2, 0) is 11.3 Å². The van der Waals surface area contributed by atoms with Crippen LogP contribution < -0.4 is 0 Å². The third-order valence-corrected chi connectivity index (χ3v) is 4.31. The van der Waals surface area contributed by atoms with Crippen molar-refractivity contribution < 1.29 is 4.74 Å². The van der Waals surface area contributed by atoms with Crippen molar-refractivity contribution >= 4 is 0 Å². The molecule has 2 atom stereocenters. The molecule has 0 heterocycles. The molecule has 1 heteroatoms. The molecule has 0 amide bonds. The highest BCUT2D eigenvalue weighted by Gasteiger charge is 2.05. The molecular weight excluding hydrogens is 256 g/mol. The van der Waals surface area contributed by atoms with Crippen molar-refractivity contribution in [3.8, 4) is 0 Å². The number of unbranched alkanes of at least 4 members (excludes halogenated alkanes) is 1. The van der Waals surface area contributed by atoms with Gasteiger partial charge in [0.05, 0.1) is 6.61 Å². The molecule has 0 spiro atoms.